The first kappa shape index (κ1) is 11.2. The Balaban J connectivity index is 2.55. The zero-order valence-corrected chi connectivity index (χ0v) is 8.76. The van der Waals surface area contributed by atoms with E-state index in [4.69, 9.17) is 0 Å². The van der Waals surface area contributed by atoms with E-state index in [0.29, 0.717) is 25.1 Å². The molecule has 6 heteroatoms. The van der Waals surface area contributed by atoms with Gasteiger partial charge in [-0.1, -0.05) is 0 Å². The predicted octanol–water partition coefficient (Wildman–Crippen LogP) is 1.98. The Labute approximate surface area is 90.2 Å². The van der Waals surface area contributed by atoms with Crippen LogP contribution in [0.3, 0.4) is 0 Å². The molecule has 16 heavy (non-hydrogen) atoms. The quantitative estimate of drug-likeness (QED) is 0.742. The van der Waals surface area contributed by atoms with Gasteiger partial charge in [-0.2, -0.15) is 18.3 Å². The van der Waals surface area contributed by atoms with E-state index in [-0.39, 0.29) is 17.8 Å². The van der Waals surface area contributed by atoms with E-state index >= 15 is 0 Å². The molecule has 0 radical (unpaired) electrons. The van der Waals surface area contributed by atoms with Crippen molar-refractivity contribution in [2.24, 2.45) is 0 Å². The van der Waals surface area contributed by atoms with Crippen LogP contribution >= 0.6 is 0 Å². The number of rotatable bonds is 1. The summed E-state index contributed by atoms with van der Waals surface area (Å²) in [6, 6.07) is 0. The number of ketones is 1. The lowest BCUT2D eigenvalue weighted by Gasteiger charge is -2.13. The van der Waals surface area contributed by atoms with Gasteiger partial charge in [-0.3, -0.25) is 9.48 Å². The van der Waals surface area contributed by atoms with Gasteiger partial charge in [-0.05, 0) is 13.3 Å². The third kappa shape index (κ3) is 1.72. The van der Waals surface area contributed by atoms with Crippen molar-refractivity contribution in [2.45, 2.75) is 38.9 Å². The van der Waals surface area contributed by atoms with E-state index < -0.39 is 11.9 Å². The number of carbonyl (C=O) groups excluding carboxylic acids is 1. The average molecular weight is 232 g/mol. The summed E-state index contributed by atoms with van der Waals surface area (Å²) in [5.41, 5.74) is -0.252. The standard InChI is InChI=1S/C10H11F3N2O/c1-2-15-8-4-3-6(16)5-7(8)9(14-15)10(11,12)13/h2-5H2,1H3. The number of nitrogens with zero attached hydrogens (tertiary/aromatic N) is 2. The molecule has 1 aromatic rings. The van der Waals surface area contributed by atoms with E-state index in [1.807, 2.05) is 0 Å². The molecular weight excluding hydrogens is 221 g/mol. The third-order valence-corrected chi connectivity index (χ3v) is 2.75. The van der Waals surface area contributed by atoms with Crippen molar-refractivity contribution in [1.82, 2.24) is 9.78 Å². The molecule has 0 atom stereocenters. The van der Waals surface area contributed by atoms with Crippen LogP contribution in [0.1, 0.15) is 30.3 Å². The molecule has 1 aliphatic rings. The van der Waals surface area contributed by atoms with Crippen LogP contribution in [0.4, 0.5) is 13.2 Å². The third-order valence-electron chi connectivity index (χ3n) is 2.75. The van der Waals surface area contributed by atoms with Crippen molar-refractivity contribution in [1.29, 1.82) is 0 Å². The molecule has 0 amide bonds. The van der Waals surface area contributed by atoms with Crippen molar-refractivity contribution in [3.63, 3.8) is 0 Å². The van der Waals surface area contributed by atoms with Crippen LogP contribution in [0.5, 0.6) is 0 Å². The summed E-state index contributed by atoms with van der Waals surface area (Å²) in [5, 5.41) is 3.56. The Hall–Kier alpha value is -1.33. The second kappa shape index (κ2) is 3.61. The van der Waals surface area contributed by atoms with Crippen LogP contribution in [0.15, 0.2) is 0 Å². The molecule has 0 unspecified atom stereocenters. The van der Waals surface area contributed by atoms with Crippen molar-refractivity contribution in [3.8, 4) is 0 Å². The second-order valence-corrected chi connectivity index (χ2v) is 3.80. The highest BCUT2D eigenvalue weighted by Crippen LogP contribution is 2.35. The minimum absolute atomic E-state index is 0.0746. The van der Waals surface area contributed by atoms with Gasteiger partial charge in [-0.25, -0.2) is 0 Å². The van der Waals surface area contributed by atoms with Crippen LogP contribution in [0.2, 0.25) is 0 Å². The maximum Gasteiger partial charge on any atom is 0.435 e. The first-order chi connectivity index (χ1) is 7.43. The summed E-state index contributed by atoms with van der Waals surface area (Å²) in [6.45, 7) is 2.14. The largest absolute Gasteiger partial charge is 0.435 e. The van der Waals surface area contributed by atoms with E-state index in [9.17, 15) is 18.0 Å². The summed E-state index contributed by atoms with van der Waals surface area (Å²) >= 11 is 0. The molecule has 3 nitrogen and oxygen atoms in total. The molecule has 0 saturated carbocycles. The van der Waals surface area contributed by atoms with Crippen molar-refractivity contribution < 1.29 is 18.0 Å². The topological polar surface area (TPSA) is 34.9 Å². The van der Waals surface area contributed by atoms with E-state index in [1.165, 1.54) is 4.68 Å². The van der Waals surface area contributed by atoms with Crippen molar-refractivity contribution in [3.05, 3.63) is 17.0 Å². The zero-order valence-electron chi connectivity index (χ0n) is 8.76. The first-order valence-corrected chi connectivity index (χ1v) is 5.11. The Morgan fingerprint density at radius 3 is 2.62 bits per heavy atom. The highest BCUT2D eigenvalue weighted by molar-refractivity contribution is 5.83. The summed E-state index contributed by atoms with van der Waals surface area (Å²) in [6.07, 6.45) is -3.92. The molecule has 0 aliphatic heterocycles. The molecule has 0 N–H and O–H groups in total. The minimum Gasteiger partial charge on any atom is -0.299 e. The fourth-order valence-electron chi connectivity index (χ4n) is 2.03. The molecule has 0 aromatic carbocycles. The summed E-state index contributed by atoms with van der Waals surface area (Å²) in [5.74, 6) is -0.145. The monoisotopic (exact) mass is 232 g/mol. The predicted molar refractivity (Wildman–Crippen MR) is 49.9 cm³/mol. The maximum absolute atomic E-state index is 12.7. The van der Waals surface area contributed by atoms with Crippen LogP contribution in [-0.4, -0.2) is 15.6 Å². The lowest BCUT2D eigenvalue weighted by molar-refractivity contribution is -0.142. The van der Waals surface area contributed by atoms with Gasteiger partial charge >= 0.3 is 6.18 Å². The van der Waals surface area contributed by atoms with E-state index in [1.54, 1.807) is 6.92 Å². The van der Waals surface area contributed by atoms with Crippen molar-refractivity contribution >= 4 is 5.78 Å². The molecule has 0 spiro atoms. The minimum atomic E-state index is -4.47. The van der Waals surface area contributed by atoms with Crippen LogP contribution in [0.25, 0.3) is 0 Å². The van der Waals surface area contributed by atoms with Gasteiger partial charge in [0.1, 0.15) is 5.78 Å². The van der Waals surface area contributed by atoms with Crippen LogP contribution < -0.4 is 0 Å². The summed E-state index contributed by atoms with van der Waals surface area (Å²) < 4.78 is 39.3. The molecule has 1 heterocycles. The molecule has 88 valence electrons. The fourth-order valence-corrected chi connectivity index (χ4v) is 2.03. The number of hydrogen-bond donors (Lipinski definition) is 0. The molecule has 0 fully saturated rings. The summed E-state index contributed by atoms with van der Waals surface area (Å²) in [7, 11) is 0. The Morgan fingerprint density at radius 1 is 1.38 bits per heavy atom. The number of halogens is 3. The van der Waals surface area contributed by atoms with Crippen LogP contribution in [-0.2, 0) is 30.4 Å². The van der Waals surface area contributed by atoms with Gasteiger partial charge in [-0.15, -0.1) is 0 Å². The fraction of sp³-hybridized carbons (Fsp3) is 0.600. The number of hydrogen-bond acceptors (Lipinski definition) is 2. The molecular formula is C10H11F3N2O. The van der Waals surface area contributed by atoms with Crippen molar-refractivity contribution in [2.75, 3.05) is 0 Å². The molecule has 0 saturated heterocycles. The number of fused-ring (bicyclic) bond motifs is 1. The zero-order chi connectivity index (χ0) is 11.9. The molecule has 1 aliphatic carbocycles. The van der Waals surface area contributed by atoms with Gasteiger partial charge < -0.3 is 0 Å². The molecule has 2 rings (SSSR count). The number of aryl methyl sites for hydroxylation is 1. The lowest BCUT2D eigenvalue weighted by atomic mass is 9.94. The van der Waals surface area contributed by atoms with Gasteiger partial charge in [0, 0.05) is 30.6 Å². The number of Topliss-reactive ketones (excluding diaryl/α,β-unsaturated/α-hetero) is 1. The Bertz CT molecular complexity index is 434. The van der Waals surface area contributed by atoms with Gasteiger partial charge in [0.25, 0.3) is 0 Å². The highest BCUT2D eigenvalue weighted by atomic mass is 19.4. The Morgan fingerprint density at radius 2 is 2.06 bits per heavy atom. The number of aromatic nitrogens is 2. The molecule has 1 aromatic heterocycles. The number of alkyl halides is 3. The average Bonchev–Trinajstić information content (AvgIpc) is 2.54. The van der Waals surface area contributed by atoms with E-state index in [0.717, 1.165) is 0 Å². The SMILES string of the molecule is CCn1nc(C(F)(F)F)c2c1CCC(=O)C2. The highest BCUT2D eigenvalue weighted by Gasteiger charge is 2.40. The summed E-state index contributed by atoms with van der Waals surface area (Å²) in [4.78, 5) is 11.2. The maximum atomic E-state index is 12.7. The molecule has 0 bridgehead atoms. The van der Waals surface area contributed by atoms with Crippen LogP contribution in [0, 0.1) is 0 Å². The number of carbonyl (C=O) groups is 1. The van der Waals surface area contributed by atoms with Gasteiger partial charge in [0.15, 0.2) is 5.69 Å². The normalized spacial score (nSPS) is 16.4. The lowest BCUT2D eigenvalue weighted by Crippen LogP contribution is -2.17. The Kier molecular flexibility index (Phi) is 2.52. The van der Waals surface area contributed by atoms with Gasteiger partial charge in [0.2, 0.25) is 0 Å². The van der Waals surface area contributed by atoms with Gasteiger partial charge in [0.05, 0.1) is 0 Å². The first-order valence-electron chi connectivity index (χ1n) is 5.11. The smallest absolute Gasteiger partial charge is 0.299 e. The van der Waals surface area contributed by atoms with E-state index in [2.05, 4.69) is 5.10 Å². The second-order valence-electron chi connectivity index (χ2n) is 3.80.